The van der Waals surface area contributed by atoms with Crippen molar-refractivity contribution in [3.8, 4) is 0 Å². The molecule has 0 unspecified atom stereocenters. The summed E-state index contributed by atoms with van der Waals surface area (Å²) in [6.07, 6.45) is 4.14. The summed E-state index contributed by atoms with van der Waals surface area (Å²) < 4.78 is 15.1. The van der Waals surface area contributed by atoms with Gasteiger partial charge in [0, 0.05) is 28.4 Å². The minimum Gasteiger partial charge on any atom is -0.327 e. The van der Waals surface area contributed by atoms with Crippen molar-refractivity contribution in [2.24, 2.45) is 0 Å². The molecule has 0 aliphatic rings. The number of aromatic nitrogens is 2. The highest BCUT2D eigenvalue weighted by atomic mass is 35.5. The highest BCUT2D eigenvalue weighted by Crippen LogP contribution is 2.22. The molecule has 0 spiro atoms. The second kappa shape index (κ2) is 5.06. The number of hydrogen-bond acceptors (Lipinski definition) is 2. The molecule has 0 N–H and O–H groups in total. The molecule has 0 amide bonds. The minimum atomic E-state index is -0.343. The Morgan fingerprint density at radius 1 is 1.35 bits per heavy atom. The lowest BCUT2D eigenvalue weighted by atomic mass is 10.2. The third-order valence-corrected chi connectivity index (χ3v) is 3.51. The van der Waals surface area contributed by atoms with E-state index in [1.54, 1.807) is 23.0 Å². The van der Waals surface area contributed by atoms with Crippen molar-refractivity contribution in [1.82, 2.24) is 9.55 Å². The van der Waals surface area contributed by atoms with E-state index < -0.39 is 0 Å². The standard InChI is InChI=1S/C15H10ClFN2O/c16-14-4-3-12(17)6-10(14)7-19-8-11(9-20)13-2-1-5-18-15(13)19/h1-6,8-9H,7H2. The molecule has 3 rings (SSSR count). The van der Waals surface area contributed by atoms with Gasteiger partial charge in [0.1, 0.15) is 11.5 Å². The Morgan fingerprint density at radius 3 is 3.00 bits per heavy atom. The number of fused-ring (bicyclic) bond motifs is 1. The zero-order valence-corrected chi connectivity index (χ0v) is 11.1. The molecule has 2 heterocycles. The van der Waals surface area contributed by atoms with Crippen molar-refractivity contribution in [1.29, 1.82) is 0 Å². The van der Waals surface area contributed by atoms with E-state index in [1.165, 1.54) is 18.2 Å². The molecule has 0 saturated carbocycles. The quantitative estimate of drug-likeness (QED) is 0.689. The lowest BCUT2D eigenvalue weighted by molar-refractivity contribution is 0.112. The molecule has 5 heteroatoms. The number of aldehydes is 1. The molecule has 0 atom stereocenters. The normalized spacial score (nSPS) is 10.9. The van der Waals surface area contributed by atoms with Gasteiger partial charge in [-0.1, -0.05) is 11.6 Å². The van der Waals surface area contributed by atoms with Crippen molar-refractivity contribution < 1.29 is 9.18 Å². The molecule has 0 bridgehead atoms. The second-order valence-corrected chi connectivity index (χ2v) is 4.85. The first-order valence-electron chi connectivity index (χ1n) is 6.02. The fraction of sp³-hybridized carbons (Fsp3) is 0.0667. The number of carbonyl (C=O) groups excluding carboxylic acids is 1. The van der Waals surface area contributed by atoms with Crippen LogP contribution in [0.1, 0.15) is 15.9 Å². The van der Waals surface area contributed by atoms with Crippen molar-refractivity contribution >= 4 is 28.9 Å². The topological polar surface area (TPSA) is 34.9 Å². The van der Waals surface area contributed by atoms with Gasteiger partial charge in [0.25, 0.3) is 0 Å². The van der Waals surface area contributed by atoms with Crippen LogP contribution in [0.15, 0.2) is 42.7 Å². The molecule has 2 aromatic heterocycles. The van der Waals surface area contributed by atoms with Gasteiger partial charge in [0.15, 0.2) is 6.29 Å². The Kier molecular flexibility index (Phi) is 3.24. The molecular weight excluding hydrogens is 279 g/mol. The van der Waals surface area contributed by atoms with Gasteiger partial charge in [-0.2, -0.15) is 0 Å². The Hall–Kier alpha value is -2.20. The summed E-state index contributed by atoms with van der Waals surface area (Å²) in [4.78, 5) is 15.3. The number of benzene rings is 1. The number of pyridine rings is 1. The number of halogens is 2. The van der Waals surface area contributed by atoms with Crippen LogP contribution in [0.2, 0.25) is 5.02 Å². The van der Waals surface area contributed by atoms with Gasteiger partial charge >= 0.3 is 0 Å². The summed E-state index contributed by atoms with van der Waals surface area (Å²) in [7, 11) is 0. The predicted molar refractivity (Wildman–Crippen MR) is 75.6 cm³/mol. The average Bonchev–Trinajstić information content (AvgIpc) is 2.81. The predicted octanol–water partition coefficient (Wildman–Crippen LogP) is 3.69. The van der Waals surface area contributed by atoms with E-state index in [1.807, 2.05) is 6.07 Å². The van der Waals surface area contributed by atoms with E-state index >= 15 is 0 Å². The number of carbonyl (C=O) groups is 1. The highest BCUT2D eigenvalue weighted by Gasteiger charge is 2.10. The maximum atomic E-state index is 13.3. The maximum Gasteiger partial charge on any atom is 0.152 e. The van der Waals surface area contributed by atoms with Gasteiger partial charge in [0.05, 0.1) is 6.54 Å². The third-order valence-electron chi connectivity index (χ3n) is 3.14. The lowest BCUT2D eigenvalue weighted by Crippen LogP contribution is -2.00. The Morgan fingerprint density at radius 2 is 2.20 bits per heavy atom. The molecular formula is C15H10ClFN2O. The van der Waals surface area contributed by atoms with Gasteiger partial charge in [-0.05, 0) is 35.9 Å². The van der Waals surface area contributed by atoms with Crippen LogP contribution in [0.25, 0.3) is 11.0 Å². The first kappa shape index (κ1) is 12.8. The van der Waals surface area contributed by atoms with Gasteiger partial charge in [0.2, 0.25) is 0 Å². The van der Waals surface area contributed by atoms with Crippen LogP contribution in [0, 0.1) is 5.82 Å². The molecule has 3 aromatic rings. The summed E-state index contributed by atoms with van der Waals surface area (Å²) in [6, 6.07) is 7.82. The molecule has 100 valence electrons. The van der Waals surface area contributed by atoms with E-state index in [0.717, 1.165) is 11.7 Å². The molecule has 0 fully saturated rings. The molecule has 0 saturated heterocycles. The highest BCUT2D eigenvalue weighted by molar-refractivity contribution is 6.31. The lowest BCUT2D eigenvalue weighted by Gasteiger charge is -2.07. The summed E-state index contributed by atoms with van der Waals surface area (Å²) in [5.41, 5.74) is 1.88. The summed E-state index contributed by atoms with van der Waals surface area (Å²) in [5, 5.41) is 1.26. The van der Waals surface area contributed by atoms with E-state index in [2.05, 4.69) is 4.98 Å². The SMILES string of the molecule is O=Cc1cn(Cc2cc(F)ccc2Cl)c2ncccc12. The van der Waals surface area contributed by atoms with Crippen LogP contribution in [0.3, 0.4) is 0 Å². The second-order valence-electron chi connectivity index (χ2n) is 4.44. The van der Waals surface area contributed by atoms with Crippen molar-refractivity contribution in [3.63, 3.8) is 0 Å². The van der Waals surface area contributed by atoms with Gasteiger partial charge < -0.3 is 4.57 Å². The van der Waals surface area contributed by atoms with Crippen LogP contribution < -0.4 is 0 Å². The number of hydrogen-bond donors (Lipinski definition) is 0. The van der Waals surface area contributed by atoms with Crippen LogP contribution in [0.4, 0.5) is 4.39 Å². The van der Waals surface area contributed by atoms with Crippen molar-refractivity contribution in [2.45, 2.75) is 6.54 Å². The van der Waals surface area contributed by atoms with Crippen LogP contribution >= 0.6 is 11.6 Å². The largest absolute Gasteiger partial charge is 0.327 e. The smallest absolute Gasteiger partial charge is 0.152 e. The van der Waals surface area contributed by atoms with E-state index in [0.29, 0.717) is 28.3 Å². The molecule has 0 aliphatic heterocycles. The molecule has 3 nitrogen and oxygen atoms in total. The van der Waals surface area contributed by atoms with Crippen LogP contribution in [-0.4, -0.2) is 15.8 Å². The van der Waals surface area contributed by atoms with Gasteiger partial charge in [-0.3, -0.25) is 4.79 Å². The fourth-order valence-corrected chi connectivity index (χ4v) is 2.39. The zero-order chi connectivity index (χ0) is 14.1. The van der Waals surface area contributed by atoms with E-state index in [9.17, 15) is 9.18 Å². The molecule has 1 aromatic carbocycles. The van der Waals surface area contributed by atoms with Crippen molar-refractivity contribution in [2.75, 3.05) is 0 Å². The third kappa shape index (κ3) is 2.18. The van der Waals surface area contributed by atoms with Gasteiger partial charge in [-0.15, -0.1) is 0 Å². The summed E-state index contributed by atoms with van der Waals surface area (Å²) >= 11 is 6.07. The molecule has 20 heavy (non-hydrogen) atoms. The summed E-state index contributed by atoms with van der Waals surface area (Å²) in [6.45, 7) is 0.359. The maximum absolute atomic E-state index is 13.3. The van der Waals surface area contributed by atoms with Crippen LogP contribution in [0.5, 0.6) is 0 Å². The van der Waals surface area contributed by atoms with Crippen LogP contribution in [-0.2, 0) is 6.54 Å². The van der Waals surface area contributed by atoms with E-state index in [4.69, 9.17) is 11.6 Å². The Bertz CT molecular complexity index is 798. The number of rotatable bonds is 3. The molecule has 0 radical (unpaired) electrons. The van der Waals surface area contributed by atoms with Crippen molar-refractivity contribution in [3.05, 3.63) is 64.7 Å². The minimum absolute atomic E-state index is 0.343. The average molecular weight is 289 g/mol. The zero-order valence-electron chi connectivity index (χ0n) is 10.4. The summed E-state index contributed by atoms with van der Waals surface area (Å²) in [5.74, 6) is -0.343. The Labute approximate surface area is 119 Å². The first-order valence-corrected chi connectivity index (χ1v) is 6.40. The first-order chi connectivity index (χ1) is 9.69. The van der Waals surface area contributed by atoms with Gasteiger partial charge in [-0.25, -0.2) is 9.37 Å². The Balaban J connectivity index is 2.11. The molecule has 0 aliphatic carbocycles. The number of nitrogens with zero attached hydrogens (tertiary/aromatic N) is 2. The fourth-order valence-electron chi connectivity index (χ4n) is 2.21. The monoisotopic (exact) mass is 288 g/mol. The van der Waals surface area contributed by atoms with E-state index in [-0.39, 0.29) is 5.82 Å².